The van der Waals surface area contributed by atoms with Crippen LogP contribution in [0, 0.1) is 6.92 Å². The van der Waals surface area contributed by atoms with Crippen molar-refractivity contribution in [2.45, 2.75) is 32.7 Å². The van der Waals surface area contributed by atoms with Crippen LogP contribution >= 0.6 is 0 Å². The maximum absolute atomic E-state index is 11.5. The fourth-order valence-corrected chi connectivity index (χ4v) is 1.66. The van der Waals surface area contributed by atoms with Gasteiger partial charge in [-0.1, -0.05) is 24.3 Å². The molecule has 0 radical (unpaired) electrons. The van der Waals surface area contributed by atoms with Crippen molar-refractivity contribution in [3.8, 4) is 0 Å². The topological polar surface area (TPSA) is 61.4 Å². The van der Waals surface area contributed by atoms with Crippen LogP contribution in [0.15, 0.2) is 24.3 Å². The molecule has 2 amide bonds. The van der Waals surface area contributed by atoms with Crippen molar-refractivity contribution in [3.05, 3.63) is 35.4 Å². The van der Waals surface area contributed by atoms with Gasteiger partial charge in [0.25, 0.3) is 0 Å². The van der Waals surface area contributed by atoms with Gasteiger partial charge in [0.1, 0.15) is 0 Å². The highest BCUT2D eigenvalue weighted by Gasteiger charge is 2.01. The largest absolute Gasteiger partial charge is 0.396 e. The minimum absolute atomic E-state index is 0.137. The molecule has 0 atom stereocenters. The van der Waals surface area contributed by atoms with Gasteiger partial charge in [0.05, 0.1) is 0 Å². The second kappa shape index (κ2) is 8.53. The number of carbonyl (C=O) groups is 1. The third-order valence-electron chi connectivity index (χ3n) is 2.82. The Morgan fingerprint density at radius 1 is 1.17 bits per heavy atom. The molecule has 1 aromatic carbocycles. The molecule has 18 heavy (non-hydrogen) atoms. The summed E-state index contributed by atoms with van der Waals surface area (Å²) in [5, 5.41) is 14.2. The maximum atomic E-state index is 11.5. The van der Waals surface area contributed by atoms with E-state index in [9.17, 15) is 4.79 Å². The average Bonchev–Trinajstić information content (AvgIpc) is 2.37. The second-order valence-corrected chi connectivity index (χ2v) is 4.32. The zero-order valence-corrected chi connectivity index (χ0v) is 10.9. The second-order valence-electron chi connectivity index (χ2n) is 4.32. The van der Waals surface area contributed by atoms with Crippen LogP contribution < -0.4 is 10.6 Å². The lowest BCUT2D eigenvalue weighted by Crippen LogP contribution is -2.35. The summed E-state index contributed by atoms with van der Waals surface area (Å²) in [4.78, 5) is 11.5. The fraction of sp³-hybridized carbons (Fsp3) is 0.500. The predicted molar refractivity (Wildman–Crippen MR) is 72.4 cm³/mol. The Morgan fingerprint density at radius 2 is 1.94 bits per heavy atom. The summed E-state index contributed by atoms with van der Waals surface area (Å²) in [5.74, 6) is 0. The highest BCUT2D eigenvalue weighted by atomic mass is 16.2. The molecule has 0 unspecified atom stereocenters. The van der Waals surface area contributed by atoms with Crippen molar-refractivity contribution in [1.82, 2.24) is 10.6 Å². The first kappa shape index (κ1) is 14.5. The van der Waals surface area contributed by atoms with E-state index in [0.717, 1.165) is 24.8 Å². The molecule has 0 bridgehead atoms. The standard InChI is InChI=1S/C14H22N2O2/c1-12-7-3-4-8-13(12)11-16-14(18)15-9-5-2-6-10-17/h3-4,7-8,17H,2,5-6,9-11H2,1H3,(H2,15,16,18). The third kappa shape index (κ3) is 5.68. The van der Waals surface area contributed by atoms with Gasteiger partial charge in [-0.2, -0.15) is 0 Å². The monoisotopic (exact) mass is 250 g/mol. The number of aliphatic hydroxyl groups excluding tert-OH is 1. The number of urea groups is 1. The molecule has 0 heterocycles. The summed E-state index contributed by atoms with van der Waals surface area (Å²) >= 11 is 0. The van der Waals surface area contributed by atoms with Crippen molar-refractivity contribution >= 4 is 6.03 Å². The van der Waals surface area contributed by atoms with Crippen LogP contribution in [0.1, 0.15) is 30.4 Å². The Hall–Kier alpha value is -1.55. The number of rotatable bonds is 7. The van der Waals surface area contributed by atoms with Crippen LogP contribution in [0.3, 0.4) is 0 Å². The molecule has 0 fully saturated rings. The Morgan fingerprint density at radius 3 is 2.67 bits per heavy atom. The van der Waals surface area contributed by atoms with E-state index in [0.29, 0.717) is 13.1 Å². The predicted octanol–water partition coefficient (Wildman–Crippen LogP) is 1.96. The molecule has 3 N–H and O–H groups in total. The Labute approximate surface area is 108 Å². The Bertz CT molecular complexity index is 367. The molecule has 0 aliphatic carbocycles. The molecular formula is C14H22N2O2. The summed E-state index contributed by atoms with van der Waals surface area (Å²) in [6, 6.07) is 7.86. The number of aryl methyl sites for hydroxylation is 1. The summed E-state index contributed by atoms with van der Waals surface area (Å²) in [6.45, 7) is 3.46. The minimum atomic E-state index is -0.137. The van der Waals surface area contributed by atoms with Gasteiger partial charge in [-0.25, -0.2) is 4.79 Å². The molecule has 0 spiro atoms. The van der Waals surface area contributed by atoms with Crippen LogP contribution in [0.25, 0.3) is 0 Å². The van der Waals surface area contributed by atoms with Crippen LogP contribution in [0.4, 0.5) is 4.79 Å². The highest BCUT2D eigenvalue weighted by Crippen LogP contribution is 2.05. The van der Waals surface area contributed by atoms with E-state index in [2.05, 4.69) is 10.6 Å². The van der Waals surface area contributed by atoms with E-state index in [1.165, 1.54) is 5.56 Å². The van der Waals surface area contributed by atoms with Crippen molar-refractivity contribution in [3.63, 3.8) is 0 Å². The Kier molecular flexibility index (Phi) is 6.87. The van der Waals surface area contributed by atoms with Gasteiger partial charge >= 0.3 is 6.03 Å². The van der Waals surface area contributed by atoms with Gasteiger partial charge in [0, 0.05) is 19.7 Å². The molecule has 0 saturated heterocycles. The quantitative estimate of drug-likeness (QED) is 0.648. The number of unbranched alkanes of at least 4 members (excludes halogenated alkanes) is 2. The molecule has 0 saturated carbocycles. The Balaban J connectivity index is 2.15. The third-order valence-corrected chi connectivity index (χ3v) is 2.82. The highest BCUT2D eigenvalue weighted by molar-refractivity contribution is 5.73. The fourth-order valence-electron chi connectivity index (χ4n) is 1.66. The van der Waals surface area contributed by atoms with E-state index in [1.807, 2.05) is 31.2 Å². The lowest BCUT2D eigenvalue weighted by molar-refractivity contribution is 0.240. The average molecular weight is 250 g/mol. The van der Waals surface area contributed by atoms with E-state index >= 15 is 0 Å². The molecule has 4 heteroatoms. The van der Waals surface area contributed by atoms with E-state index in [4.69, 9.17) is 5.11 Å². The van der Waals surface area contributed by atoms with Crippen molar-refractivity contribution in [2.75, 3.05) is 13.2 Å². The number of nitrogens with one attached hydrogen (secondary N) is 2. The summed E-state index contributed by atoms with van der Waals surface area (Å²) in [7, 11) is 0. The van der Waals surface area contributed by atoms with E-state index in [-0.39, 0.29) is 12.6 Å². The number of hydrogen-bond acceptors (Lipinski definition) is 2. The van der Waals surface area contributed by atoms with Crippen molar-refractivity contribution < 1.29 is 9.90 Å². The summed E-state index contributed by atoms with van der Waals surface area (Å²) in [6.07, 6.45) is 2.64. The maximum Gasteiger partial charge on any atom is 0.315 e. The van der Waals surface area contributed by atoms with Gasteiger partial charge in [-0.3, -0.25) is 0 Å². The summed E-state index contributed by atoms with van der Waals surface area (Å²) in [5.41, 5.74) is 2.31. The van der Waals surface area contributed by atoms with E-state index < -0.39 is 0 Å². The van der Waals surface area contributed by atoms with E-state index in [1.54, 1.807) is 0 Å². The first-order chi connectivity index (χ1) is 8.74. The van der Waals surface area contributed by atoms with Crippen molar-refractivity contribution in [2.24, 2.45) is 0 Å². The van der Waals surface area contributed by atoms with Gasteiger partial charge in [-0.05, 0) is 37.3 Å². The zero-order valence-electron chi connectivity index (χ0n) is 10.9. The molecule has 1 rings (SSSR count). The molecule has 1 aromatic rings. The summed E-state index contributed by atoms with van der Waals surface area (Å²) < 4.78 is 0. The van der Waals surface area contributed by atoms with Crippen LogP contribution in [0.2, 0.25) is 0 Å². The molecular weight excluding hydrogens is 228 g/mol. The SMILES string of the molecule is Cc1ccccc1CNC(=O)NCCCCCO. The van der Waals surface area contributed by atoms with Gasteiger partial charge < -0.3 is 15.7 Å². The van der Waals surface area contributed by atoms with Crippen LogP contribution in [-0.4, -0.2) is 24.3 Å². The number of hydrogen-bond donors (Lipinski definition) is 3. The molecule has 100 valence electrons. The lowest BCUT2D eigenvalue weighted by atomic mass is 10.1. The van der Waals surface area contributed by atoms with Gasteiger partial charge in [0.15, 0.2) is 0 Å². The molecule has 4 nitrogen and oxygen atoms in total. The molecule has 0 aromatic heterocycles. The number of benzene rings is 1. The van der Waals surface area contributed by atoms with Crippen LogP contribution in [-0.2, 0) is 6.54 Å². The number of carbonyl (C=O) groups excluding carboxylic acids is 1. The smallest absolute Gasteiger partial charge is 0.315 e. The van der Waals surface area contributed by atoms with Gasteiger partial charge in [-0.15, -0.1) is 0 Å². The molecule has 0 aliphatic rings. The molecule has 0 aliphatic heterocycles. The van der Waals surface area contributed by atoms with Gasteiger partial charge in [0.2, 0.25) is 0 Å². The number of aliphatic hydroxyl groups is 1. The first-order valence-electron chi connectivity index (χ1n) is 6.41. The first-order valence-corrected chi connectivity index (χ1v) is 6.41. The zero-order chi connectivity index (χ0) is 13.2. The van der Waals surface area contributed by atoms with Crippen LogP contribution in [0.5, 0.6) is 0 Å². The lowest BCUT2D eigenvalue weighted by Gasteiger charge is -2.09. The number of amides is 2. The minimum Gasteiger partial charge on any atom is -0.396 e. The normalized spacial score (nSPS) is 10.1. The van der Waals surface area contributed by atoms with Crippen molar-refractivity contribution in [1.29, 1.82) is 0 Å².